The lowest BCUT2D eigenvalue weighted by Gasteiger charge is -2.17. The fraction of sp³-hybridized carbons (Fsp3) is 0. The summed E-state index contributed by atoms with van der Waals surface area (Å²) < 4.78 is 48.8. The molecule has 1 nitrogen and oxygen atoms in total. The Morgan fingerprint density at radius 3 is 1.46 bits per heavy atom. The van der Waals surface area contributed by atoms with Crippen LogP contribution < -0.4 is 0 Å². The van der Waals surface area contributed by atoms with Crippen molar-refractivity contribution in [3.05, 3.63) is 145 Å². The second-order valence-corrected chi connectivity index (χ2v) is 9.73. The molecule has 0 atom stereocenters. The monoisotopic (exact) mass is 501 g/mol. The highest BCUT2D eigenvalue weighted by molar-refractivity contribution is 6.22. The lowest BCUT2D eigenvalue weighted by atomic mass is 9.86. The van der Waals surface area contributed by atoms with Gasteiger partial charge in [0.05, 0.1) is 6.85 Å². The predicted octanol–water partition coefficient (Wildman–Crippen LogP) is 10.9. The van der Waals surface area contributed by atoms with E-state index in [0.29, 0.717) is 5.56 Å². The molecule has 0 unspecified atom stereocenters. The van der Waals surface area contributed by atoms with Crippen molar-refractivity contribution in [3.63, 3.8) is 0 Å². The molecule has 0 aliphatic rings. The summed E-state index contributed by atoms with van der Waals surface area (Å²) in [5.74, 6) is 0. The van der Waals surface area contributed by atoms with Gasteiger partial charge in [0.15, 0.2) is 0 Å². The second-order valence-electron chi connectivity index (χ2n) is 9.73. The van der Waals surface area contributed by atoms with Gasteiger partial charge in [-0.05, 0) is 79.2 Å². The van der Waals surface area contributed by atoms with Crippen molar-refractivity contribution in [1.82, 2.24) is 0 Å². The van der Waals surface area contributed by atoms with Crippen molar-refractivity contribution in [2.75, 3.05) is 0 Å². The van der Waals surface area contributed by atoms with Gasteiger partial charge in [0, 0.05) is 10.8 Å². The van der Waals surface area contributed by atoms with E-state index in [1.54, 1.807) is 0 Å². The van der Waals surface area contributed by atoms with Crippen LogP contribution in [0, 0.1) is 0 Å². The molecule has 0 aliphatic heterocycles. The zero-order valence-electron chi connectivity index (χ0n) is 25.9. The molecule has 0 saturated carbocycles. The Morgan fingerprint density at radius 1 is 0.385 bits per heavy atom. The maximum atomic E-state index is 8.77. The SMILES string of the molecule is [2H]c1c([2H])c([2H])c(-c2c3ccccc3c(-c3ccc4c(c3)oc3cc(-c5ccccc5)ccc34)c3ccccc23)c([2H])c1[2H]. The van der Waals surface area contributed by atoms with Crippen LogP contribution in [0.2, 0.25) is 0 Å². The lowest BCUT2D eigenvalue weighted by Crippen LogP contribution is -1.90. The zero-order chi connectivity index (χ0) is 30.1. The number of fused-ring (bicyclic) bond motifs is 5. The second kappa shape index (κ2) is 8.72. The predicted molar refractivity (Wildman–Crippen MR) is 165 cm³/mol. The number of hydrogen-bond donors (Lipinski definition) is 0. The summed E-state index contributed by atoms with van der Waals surface area (Å²) >= 11 is 0. The summed E-state index contributed by atoms with van der Waals surface area (Å²) in [7, 11) is 0. The van der Waals surface area contributed by atoms with Crippen molar-refractivity contribution >= 4 is 43.5 Å². The highest BCUT2D eigenvalue weighted by Crippen LogP contribution is 2.44. The molecule has 39 heavy (non-hydrogen) atoms. The summed E-state index contributed by atoms with van der Waals surface area (Å²) in [5.41, 5.74) is 6.65. The molecule has 0 radical (unpaired) electrons. The first-order valence-corrected chi connectivity index (χ1v) is 12.9. The summed E-state index contributed by atoms with van der Waals surface area (Å²) in [5, 5.41) is 5.57. The average molecular weight is 502 g/mol. The summed E-state index contributed by atoms with van der Waals surface area (Å²) in [6, 6.07) is 37.1. The smallest absolute Gasteiger partial charge is 0.136 e. The molecule has 182 valence electrons. The molecule has 0 fully saturated rings. The molecular formula is C38H24O. The highest BCUT2D eigenvalue weighted by Gasteiger charge is 2.17. The van der Waals surface area contributed by atoms with E-state index < -0.39 is 6.04 Å². The number of furan rings is 1. The molecule has 1 aromatic heterocycles. The third-order valence-electron chi connectivity index (χ3n) is 7.55. The quantitative estimate of drug-likeness (QED) is 0.219. The van der Waals surface area contributed by atoms with Gasteiger partial charge in [0.1, 0.15) is 11.2 Å². The summed E-state index contributed by atoms with van der Waals surface area (Å²) in [4.78, 5) is 0. The average Bonchev–Trinajstić information content (AvgIpc) is 3.43. The van der Waals surface area contributed by atoms with Gasteiger partial charge in [0.25, 0.3) is 0 Å². The van der Waals surface area contributed by atoms with Crippen LogP contribution in [-0.4, -0.2) is 0 Å². The highest BCUT2D eigenvalue weighted by atomic mass is 16.3. The number of hydrogen-bond acceptors (Lipinski definition) is 1. The molecule has 0 spiro atoms. The van der Waals surface area contributed by atoms with Crippen LogP contribution in [-0.2, 0) is 0 Å². The first-order chi connectivity index (χ1) is 21.4. The fourth-order valence-electron chi connectivity index (χ4n) is 5.83. The zero-order valence-corrected chi connectivity index (χ0v) is 20.9. The van der Waals surface area contributed by atoms with Crippen LogP contribution >= 0.6 is 0 Å². The van der Waals surface area contributed by atoms with Crippen molar-refractivity contribution < 1.29 is 11.3 Å². The Balaban J connectivity index is 1.41. The Bertz CT molecular complexity index is 2360. The molecule has 0 N–H and O–H groups in total. The van der Waals surface area contributed by atoms with Crippen molar-refractivity contribution in [2.24, 2.45) is 0 Å². The van der Waals surface area contributed by atoms with E-state index >= 15 is 0 Å². The molecule has 7 aromatic carbocycles. The first kappa shape index (κ1) is 17.4. The Labute approximate surface area is 233 Å². The van der Waals surface area contributed by atoms with Gasteiger partial charge >= 0.3 is 0 Å². The third-order valence-corrected chi connectivity index (χ3v) is 7.55. The summed E-state index contributed by atoms with van der Waals surface area (Å²) in [6.45, 7) is 0. The van der Waals surface area contributed by atoms with E-state index in [0.717, 1.165) is 65.7 Å². The van der Waals surface area contributed by atoms with Gasteiger partial charge < -0.3 is 4.42 Å². The molecule has 1 heterocycles. The summed E-state index contributed by atoms with van der Waals surface area (Å²) in [6.07, 6.45) is 0. The number of rotatable bonds is 3. The molecular weight excluding hydrogens is 472 g/mol. The van der Waals surface area contributed by atoms with Crippen molar-refractivity contribution in [1.29, 1.82) is 0 Å². The van der Waals surface area contributed by atoms with Crippen LogP contribution in [0.1, 0.15) is 6.85 Å². The first-order valence-electron chi connectivity index (χ1n) is 15.4. The van der Waals surface area contributed by atoms with Crippen LogP contribution in [0.3, 0.4) is 0 Å². The largest absolute Gasteiger partial charge is 0.456 e. The molecule has 8 aromatic rings. The minimum Gasteiger partial charge on any atom is -0.456 e. The van der Waals surface area contributed by atoms with E-state index in [-0.39, 0.29) is 29.7 Å². The molecule has 0 saturated heterocycles. The molecule has 0 bridgehead atoms. The van der Waals surface area contributed by atoms with Crippen LogP contribution in [0.5, 0.6) is 0 Å². The normalized spacial score (nSPS) is 13.4. The maximum absolute atomic E-state index is 8.77. The minimum absolute atomic E-state index is 0.205. The van der Waals surface area contributed by atoms with Crippen LogP contribution in [0.15, 0.2) is 150 Å². The molecule has 8 rings (SSSR count). The van der Waals surface area contributed by atoms with Gasteiger partial charge in [-0.1, -0.05) is 121 Å². The topological polar surface area (TPSA) is 13.1 Å². The van der Waals surface area contributed by atoms with Crippen LogP contribution in [0.25, 0.3) is 76.9 Å². The van der Waals surface area contributed by atoms with Gasteiger partial charge in [-0.15, -0.1) is 0 Å². The van der Waals surface area contributed by atoms with Gasteiger partial charge in [-0.2, -0.15) is 0 Å². The van der Waals surface area contributed by atoms with E-state index in [2.05, 4.69) is 48.5 Å². The van der Waals surface area contributed by atoms with Gasteiger partial charge in [0.2, 0.25) is 0 Å². The Kier molecular flexibility index (Phi) is 3.89. The van der Waals surface area contributed by atoms with Crippen molar-refractivity contribution in [3.8, 4) is 33.4 Å². The van der Waals surface area contributed by atoms with Gasteiger partial charge in [-0.3, -0.25) is 0 Å². The van der Waals surface area contributed by atoms with E-state index in [1.165, 1.54) is 0 Å². The van der Waals surface area contributed by atoms with E-state index in [9.17, 15) is 0 Å². The Morgan fingerprint density at radius 2 is 0.872 bits per heavy atom. The third kappa shape index (κ3) is 3.48. The Hall–Kier alpha value is -5.14. The van der Waals surface area contributed by atoms with Crippen LogP contribution in [0.4, 0.5) is 0 Å². The molecule has 0 amide bonds. The van der Waals surface area contributed by atoms with Gasteiger partial charge in [-0.25, -0.2) is 0 Å². The fourth-order valence-corrected chi connectivity index (χ4v) is 5.83. The number of benzene rings is 7. The minimum atomic E-state index is -0.399. The lowest BCUT2D eigenvalue weighted by molar-refractivity contribution is 0.669. The van der Waals surface area contributed by atoms with E-state index in [1.807, 2.05) is 66.7 Å². The maximum Gasteiger partial charge on any atom is 0.136 e. The molecule has 1 heteroatoms. The standard InChI is InChI=1S/C38H24O/c1-3-11-25(12-4-1)27-19-21-29-30-22-20-28(24-36(30)39-35(29)23-27)38-33-17-9-7-15-31(33)37(26-13-5-2-6-14-26)32-16-8-10-18-34(32)38/h1-24H/i2D,5D,6D,13D,14D. The van der Waals surface area contributed by atoms with E-state index in [4.69, 9.17) is 11.3 Å². The molecule has 0 aliphatic carbocycles. The van der Waals surface area contributed by atoms with Crippen molar-refractivity contribution in [2.45, 2.75) is 0 Å².